The van der Waals surface area contributed by atoms with Gasteiger partial charge in [0.15, 0.2) is 36.4 Å². The van der Waals surface area contributed by atoms with Gasteiger partial charge in [-0.05, 0) is 48.7 Å². The van der Waals surface area contributed by atoms with Gasteiger partial charge in [0, 0.05) is 47.7 Å². The Balaban J connectivity index is 1.50. The van der Waals surface area contributed by atoms with Crippen LogP contribution in [0.25, 0.3) is 0 Å². The number of carbonyl (C=O) groups excluding carboxylic acids is 3. The number of esters is 2. The molecule has 1 spiro atoms. The van der Waals surface area contributed by atoms with E-state index in [0.717, 1.165) is 25.7 Å². The number of rotatable bonds is 4. The van der Waals surface area contributed by atoms with Crippen molar-refractivity contribution in [3.8, 4) is 0 Å². The molecule has 2 aliphatic heterocycles. The van der Waals surface area contributed by atoms with E-state index in [2.05, 4.69) is 34.6 Å². The topological polar surface area (TPSA) is 138 Å². The van der Waals surface area contributed by atoms with Gasteiger partial charge in [-0.15, -0.1) is 0 Å². The predicted molar refractivity (Wildman–Crippen MR) is 156 cm³/mol. The first-order valence-corrected chi connectivity index (χ1v) is 16.0. The number of hydrogen-bond acceptors (Lipinski definition) is 10. The van der Waals surface area contributed by atoms with Gasteiger partial charge in [-0.3, -0.25) is 14.4 Å². The van der Waals surface area contributed by atoms with Crippen molar-refractivity contribution in [1.82, 2.24) is 0 Å². The van der Waals surface area contributed by atoms with Gasteiger partial charge in [-0.2, -0.15) is 0 Å². The van der Waals surface area contributed by atoms with Crippen molar-refractivity contribution in [3.05, 3.63) is 23.3 Å². The van der Waals surface area contributed by atoms with Gasteiger partial charge in [-0.1, -0.05) is 54.4 Å². The van der Waals surface area contributed by atoms with E-state index in [0.29, 0.717) is 24.7 Å². The van der Waals surface area contributed by atoms with E-state index in [-0.39, 0.29) is 28.2 Å². The molecule has 10 heteroatoms. The van der Waals surface area contributed by atoms with Gasteiger partial charge in [0.05, 0.1) is 0 Å². The monoisotopic (exact) mass is 616 g/mol. The Labute approximate surface area is 259 Å². The molecular weight excluding hydrogens is 568 g/mol. The SMILES string of the molecule is CC(=O)O[C@@H]1C=C(C2O[C@@H]3OC(O)C4=C[C@@H](OC(C)=O)[C@H]5C(C)(C)CCC[C@]5(C)[C@]43O2)[C@](O)(C=O)[C@@]2(C)CCCC(C)(C)[C@H]12. The second-order valence-electron chi connectivity index (χ2n) is 15.9. The summed E-state index contributed by atoms with van der Waals surface area (Å²) in [5.41, 5.74) is -5.02. The molecule has 2 unspecified atom stereocenters. The fourth-order valence-corrected chi connectivity index (χ4v) is 10.9. The van der Waals surface area contributed by atoms with E-state index in [1.54, 1.807) is 12.2 Å². The normalized spacial score (nSPS) is 48.5. The Bertz CT molecular complexity index is 1320. The zero-order valence-electron chi connectivity index (χ0n) is 27.2. The standard InChI is InChI=1S/C34H48O10/c1-18(36)40-22-15-20-26(38)42-28-34(20,32(8)14-10-12-30(5,6)25(22)32)44-27(43-28)21-16-23(41-19(2)37)24-29(3,4)11-9-13-31(24,7)33(21,39)17-35/h15-17,22-28,38-39H,9-14H2,1-8H3/t22-,23-,24+,25+,26?,27?,28+,31+,32+,33-,34+/m1/s1. The number of aliphatic hydroxyl groups is 2. The smallest absolute Gasteiger partial charge is 0.303 e. The van der Waals surface area contributed by atoms with Crippen LogP contribution in [0.15, 0.2) is 23.3 Å². The molecule has 0 bridgehead atoms. The molecule has 44 heavy (non-hydrogen) atoms. The second kappa shape index (κ2) is 9.94. The molecule has 0 aromatic carbocycles. The Morgan fingerprint density at radius 3 is 1.84 bits per heavy atom. The van der Waals surface area contributed by atoms with E-state index < -0.39 is 65.0 Å². The average Bonchev–Trinajstić information content (AvgIpc) is 3.38. The van der Waals surface area contributed by atoms with Crippen LogP contribution in [0.1, 0.15) is 93.9 Å². The minimum atomic E-state index is -1.99. The molecule has 0 radical (unpaired) electrons. The third-order valence-corrected chi connectivity index (χ3v) is 12.4. The van der Waals surface area contributed by atoms with Crippen molar-refractivity contribution >= 4 is 18.2 Å². The lowest BCUT2D eigenvalue weighted by Gasteiger charge is -2.61. The molecule has 2 N–H and O–H groups in total. The van der Waals surface area contributed by atoms with Gasteiger partial charge in [0.2, 0.25) is 0 Å². The average molecular weight is 617 g/mol. The number of fused-ring (bicyclic) bond motifs is 2. The molecule has 6 aliphatic rings. The number of aldehydes is 1. The maximum absolute atomic E-state index is 13.1. The molecule has 6 rings (SSSR count). The molecule has 2 heterocycles. The van der Waals surface area contributed by atoms with Crippen LogP contribution in [0.5, 0.6) is 0 Å². The van der Waals surface area contributed by atoms with Crippen LogP contribution < -0.4 is 0 Å². The van der Waals surface area contributed by atoms with Crippen molar-refractivity contribution in [1.29, 1.82) is 0 Å². The lowest BCUT2D eigenvalue weighted by molar-refractivity contribution is -0.211. The molecule has 0 aromatic rings. The fraction of sp³-hybridized carbons (Fsp3) is 0.794. The van der Waals surface area contributed by atoms with E-state index in [9.17, 15) is 24.6 Å². The zero-order chi connectivity index (χ0) is 32.3. The van der Waals surface area contributed by atoms with Crippen molar-refractivity contribution in [2.75, 3.05) is 0 Å². The Hall–Kier alpha value is -2.11. The second-order valence-corrected chi connectivity index (χ2v) is 15.9. The Morgan fingerprint density at radius 2 is 1.32 bits per heavy atom. The maximum atomic E-state index is 13.1. The number of carbonyl (C=O) groups is 3. The quantitative estimate of drug-likeness (QED) is 0.270. The third-order valence-electron chi connectivity index (χ3n) is 12.4. The van der Waals surface area contributed by atoms with Gasteiger partial charge in [-0.25, -0.2) is 0 Å². The van der Waals surface area contributed by atoms with E-state index >= 15 is 0 Å². The molecule has 2 saturated carbocycles. The molecule has 244 valence electrons. The first-order valence-electron chi connectivity index (χ1n) is 16.0. The molecular formula is C34H48O10. The summed E-state index contributed by atoms with van der Waals surface area (Å²) in [7, 11) is 0. The summed E-state index contributed by atoms with van der Waals surface area (Å²) in [5.74, 6) is -1.44. The lowest BCUT2D eigenvalue weighted by atomic mass is 9.46. The summed E-state index contributed by atoms with van der Waals surface area (Å²) >= 11 is 0. The van der Waals surface area contributed by atoms with E-state index in [4.69, 9.17) is 23.7 Å². The fourth-order valence-electron chi connectivity index (χ4n) is 10.9. The van der Waals surface area contributed by atoms with Crippen LogP contribution in [0.3, 0.4) is 0 Å². The molecule has 4 fully saturated rings. The molecule has 0 aromatic heterocycles. The highest BCUT2D eigenvalue weighted by Gasteiger charge is 2.76. The number of hydrogen-bond donors (Lipinski definition) is 2. The van der Waals surface area contributed by atoms with E-state index in [1.165, 1.54) is 13.8 Å². The minimum absolute atomic E-state index is 0.175. The Morgan fingerprint density at radius 1 is 0.818 bits per heavy atom. The van der Waals surface area contributed by atoms with Crippen LogP contribution in [0.2, 0.25) is 0 Å². The zero-order valence-corrected chi connectivity index (χ0v) is 27.2. The van der Waals surface area contributed by atoms with Crippen LogP contribution >= 0.6 is 0 Å². The summed E-state index contributed by atoms with van der Waals surface area (Å²) in [5, 5.41) is 23.7. The number of aliphatic hydroxyl groups excluding tert-OH is 1. The maximum Gasteiger partial charge on any atom is 0.303 e. The lowest BCUT2D eigenvalue weighted by Crippen LogP contribution is -2.66. The number of ether oxygens (including phenoxy) is 5. The first-order chi connectivity index (χ1) is 20.4. The van der Waals surface area contributed by atoms with Crippen LogP contribution in [0, 0.1) is 33.5 Å². The van der Waals surface area contributed by atoms with Crippen molar-refractivity contribution < 1.29 is 48.3 Å². The van der Waals surface area contributed by atoms with Gasteiger partial charge < -0.3 is 33.9 Å². The Kier molecular flexibility index (Phi) is 7.20. The summed E-state index contributed by atoms with van der Waals surface area (Å²) < 4.78 is 31.3. The largest absolute Gasteiger partial charge is 0.458 e. The third kappa shape index (κ3) is 4.06. The van der Waals surface area contributed by atoms with Crippen molar-refractivity contribution in [3.63, 3.8) is 0 Å². The van der Waals surface area contributed by atoms with Crippen molar-refractivity contribution in [2.45, 2.75) is 136 Å². The highest BCUT2D eigenvalue weighted by Crippen LogP contribution is 2.69. The molecule has 0 amide bonds. The van der Waals surface area contributed by atoms with Gasteiger partial charge in [0.1, 0.15) is 12.2 Å². The minimum Gasteiger partial charge on any atom is -0.458 e. The predicted octanol–water partition coefficient (Wildman–Crippen LogP) is 4.11. The van der Waals surface area contributed by atoms with Crippen LogP contribution in [-0.2, 0) is 38.1 Å². The highest BCUT2D eigenvalue weighted by molar-refractivity contribution is 5.73. The van der Waals surface area contributed by atoms with Crippen molar-refractivity contribution in [2.24, 2.45) is 33.5 Å². The molecule has 2 saturated heterocycles. The van der Waals surface area contributed by atoms with Gasteiger partial charge in [0.25, 0.3) is 0 Å². The van der Waals surface area contributed by atoms with Crippen LogP contribution in [0.4, 0.5) is 0 Å². The summed E-state index contributed by atoms with van der Waals surface area (Å²) in [6, 6.07) is 0. The first kappa shape index (κ1) is 31.9. The summed E-state index contributed by atoms with van der Waals surface area (Å²) in [6.45, 7) is 15.2. The van der Waals surface area contributed by atoms with E-state index in [1.807, 2.05) is 6.92 Å². The van der Waals surface area contributed by atoms with Gasteiger partial charge >= 0.3 is 11.9 Å². The van der Waals surface area contributed by atoms with Crippen LogP contribution in [-0.4, -0.2) is 70.7 Å². The highest BCUT2D eigenvalue weighted by atomic mass is 16.8. The molecule has 11 atom stereocenters. The molecule has 4 aliphatic carbocycles. The summed E-state index contributed by atoms with van der Waals surface area (Å²) in [4.78, 5) is 37.7. The summed E-state index contributed by atoms with van der Waals surface area (Å²) in [6.07, 6.45) is 3.58. The molecule has 10 nitrogen and oxygen atoms in total.